The molecule has 1 atom stereocenters. The van der Waals surface area contributed by atoms with Crippen molar-refractivity contribution in [3.63, 3.8) is 0 Å². The molecule has 1 amide bonds. The van der Waals surface area contributed by atoms with Gasteiger partial charge in [0.15, 0.2) is 0 Å². The summed E-state index contributed by atoms with van der Waals surface area (Å²) in [6, 6.07) is -1.64. The zero-order chi connectivity index (χ0) is 13.8. The molecule has 0 spiro atoms. The van der Waals surface area contributed by atoms with Crippen LogP contribution in [0.25, 0.3) is 0 Å². The monoisotopic (exact) mass is 267 g/mol. The van der Waals surface area contributed by atoms with Gasteiger partial charge in [-0.25, -0.2) is 0 Å². The molecule has 0 aromatic carbocycles. The second-order valence-electron chi connectivity index (χ2n) is 4.64. The molecule has 4 nitrogen and oxygen atoms in total. The normalized spacial score (nSPS) is 18.4. The number of carbonyl (C=O) groups excluding carboxylic acids is 1. The molecule has 18 heavy (non-hydrogen) atoms. The Balaban J connectivity index is 2.55. The van der Waals surface area contributed by atoms with E-state index in [1.54, 1.807) is 4.90 Å². The fourth-order valence-corrected chi connectivity index (χ4v) is 2.18. The summed E-state index contributed by atoms with van der Waals surface area (Å²) in [7, 11) is 1.32. The van der Waals surface area contributed by atoms with E-state index in [1.807, 2.05) is 0 Å². The van der Waals surface area contributed by atoms with Crippen molar-refractivity contribution < 1.29 is 18.0 Å². The van der Waals surface area contributed by atoms with Gasteiger partial charge < -0.3 is 10.6 Å². The van der Waals surface area contributed by atoms with Crippen LogP contribution >= 0.6 is 0 Å². The van der Waals surface area contributed by atoms with E-state index in [0.29, 0.717) is 13.1 Å². The molecular weight excluding hydrogens is 247 g/mol. The molecule has 0 aromatic heterocycles. The van der Waals surface area contributed by atoms with Crippen LogP contribution in [0.5, 0.6) is 0 Å². The SMILES string of the molecule is CN(CC(=O)N1CCCC1)C(CCN)C(F)(F)F. The van der Waals surface area contributed by atoms with Gasteiger partial charge in [0.05, 0.1) is 6.54 Å². The number of likely N-dealkylation sites (N-methyl/N-ethyl adjacent to an activating group) is 1. The molecule has 1 unspecified atom stereocenters. The highest BCUT2D eigenvalue weighted by Crippen LogP contribution is 2.26. The number of nitrogens with zero attached hydrogens (tertiary/aromatic N) is 2. The van der Waals surface area contributed by atoms with Gasteiger partial charge in [0.2, 0.25) is 5.91 Å². The first-order chi connectivity index (χ1) is 8.36. The Kier molecular flexibility index (Phi) is 5.40. The standard InChI is InChI=1S/C11H20F3N3O/c1-16(9(4-5-15)11(12,13)14)8-10(18)17-6-2-3-7-17/h9H,2-8,15H2,1H3. The van der Waals surface area contributed by atoms with Gasteiger partial charge in [-0.1, -0.05) is 0 Å². The van der Waals surface area contributed by atoms with Crippen molar-refractivity contribution in [3.05, 3.63) is 0 Å². The number of nitrogens with two attached hydrogens (primary N) is 1. The molecule has 0 radical (unpaired) electrons. The van der Waals surface area contributed by atoms with Gasteiger partial charge in [0.1, 0.15) is 6.04 Å². The molecule has 1 aliphatic heterocycles. The molecule has 0 aliphatic carbocycles. The molecule has 1 heterocycles. The Bertz CT molecular complexity index is 277. The Labute approximate surface area is 105 Å². The van der Waals surface area contributed by atoms with Crippen molar-refractivity contribution in [1.29, 1.82) is 0 Å². The highest BCUT2D eigenvalue weighted by molar-refractivity contribution is 5.78. The minimum atomic E-state index is -4.35. The summed E-state index contributed by atoms with van der Waals surface area (Å²) >= 11 is 0. The first-order valence-corrected chi connectivity index (χ1v) is 6.11. The summed E-state index contributed by atoms with van der Waals surface area (Å²) in [6.07, 6.45) is -2.67. The molecule has 1 rings (SSSR count). The lowest BCUT2D eigenvalue weighted by molar-refractivity contribution is -0.182. The summed E-state index contributed by atoms with van der Waals surface area (Å²) in [5, 5.41) is 0. The zero-order valence-electron chi connectivity index (χ0n) is 10.5. The molecule has 1 aliphatic rings. The fourth-order valence-electron chi connectivity index (χ4n) is 2.18. The van der Waals surface area contributed by atoms with Crippen LogP contribution in [0.3, 0.4) is 0 Å². The lowest BCUT2D eigenvalue weighted by atomic mass is 10.1. The van der Waals surface area contributed by atoms with Crippen molar-refractivity contribution in [2.75, 3.05) is 33.2 Å². The van der Waals surface area contributed by atoms with Crippen molar-refractivity contribution in [3.8, 4) is 0 Å². The molecule has 1 saturated heterocycles. The topological polar surface area (TPSA) is 49.6 Å². The van der Waals surface area contributed by atoms with Gasteiger partial charge in [0, 0.05) is 13.1 Å². The van der Waals surface area contributed by atoms with E-state index in [-0.39, 0.29) is 25.4 Å². The number of rotatable bonds is 5. The van der Waals surface area contributed by atoms with Crippen molar-refractivity contribution in [2.24, 2.45) is 5.73 Å². The summed E-state index contributed by atoms with van der Waals surface area (Å²) in [5.74, 6) is -0.235. The third kappa shape index (κ3) is 4.13. The maximum atomic E-state index is 12.8. The van der Waals surface area contributed by atoms with Gasteiger partial charge in [-0.05, 0) is 32.9 Å². The Hall–Kier alpha value is -0.820. The van der Waals surface area contributed by atoms with Crippen molar-refractivity contribution in [1.82, 2.24) is 9.80 Å². The summed E-state index contributed by atoms with van der Waals surface area (Å²) in [5.41, 5.74) is 5.19. The summed E-state index contributed by atoms with van der Waals surface area (Å²) < 4.78 is 38.3. The van der Waals surface area contributed by atoms with Crippen LogP contribution in [0.1, 0.15) is 19.3 Å². The highest BCUT2D eigenvalue weighted by Gasteiger charge is 2.42. The van der Waals surface area contributed by atoms with Gasteiger partial charge in [-0.2, -0.15) is 13.2 Å². The molecule has 0 bridgehead atoms. The molecule has 0 aromatic rings. The first kappa shape index (κ1) is 15.2. The number of hydrogen-bond acceptors (Lipinski definition) is 3. The predicted molar refractivity (Wildman–Crippen MR) is 62.0 cm³/mol. The van der Waals surface area contributed by atoms with Crippen LogP contribution in [0.2, 0.25) is 0 Å². The minimum absolute atomic E-state index is 0.0492. The number of halogens is 3. The van der Waals surface area contributed by atoms with E-state index in [0.717, 1.165) is 17.7 Å². The maximum Gasteiger partial charge on any atom is 0.404 e. The van der Waals surface area contributed by atoms with E-state index >= 15 is 0 Å². The van der Waals surface area contributed by atoms with Crippen LogP contribution in [0, 0.1) is 0 Å². The van der Waals surface area contributed by atoms with Crippen LogP contribution < -0.4 is 5.73 Å². The quantitative estimate of drug-likeness (QED) is 0.802. The maximum absolute atomic E-state index is 12.8. The Morgan fingerprint density at radius 1 is 1.39 bits per heavy atom. The average Bonchev–Trinajstić information content (AvgIpc) is 2.77. The molecule has 7 heteroatoms. The van der Waals surface area contributed by atoms with Gasteiger partial charge >= 0.3 is 6.18 Å². The van der Waals surface area contributed by atoms with Crippen LogP contribution in [0.15, 0.2) is 0 Å². The van der Waals surface area contributed by atoms with E-state index < -0.39 is 12.2 Å². The van der Waals surface area contributed by atoms with Crippen LogP contribution in [0.4, 0.5) is 13.2 Å². The number of amides is 1. The second-order valence-corrected chi connectivity index (χ2v) is 4.64. The highest BCUT2D eigenvalue weighted by atomic mass is 19.4. The Morgan fingerprint density at radius 3 is 2.39 bits per heavy atom. The fraction of sp³-hybridized carbons (Fsp3) is 0.909. The molecular formula is C11H20F3N3O. The molecule has 2 N–H and O–H groups in total. The second kappa shape index (κ2) is 6.38. The smallest absolute Gasteiger partial charge is 0.342 e. The number of carbonyl (C=O) groups is 1. The number of likely N-dealkylation sites (tertiary alicyclic amines) is 1. The van der Waals surface area contributed by atoms with Crippen LogP contribution in [-0.4, -0.2) is 61.2 Å². The average molecular weight is 267 g/mol. The lowest BCUT2D eigenvalue weighted by Gasteiger charge is -2.30. The molecule has 0 saturated carbocycles. The van der Waals surface area contributed by atoms with E-state index in [1.165, 1.54) is 7.05 Å². The van der Waals surface area contributed by atoms with Gasteiger partial charge in [0.25, 0.3) is 0 Å². The van der Waals surface area contributed by atoms with E-state index in [4.69, 9.17) is 5.73 Å². The zero-order valence-corrected chi connectivity index (χ0v) is 10.5. The third-order valence-electron chi connectivity index (χ3n) is 3.19. The predicted octanol–water partition coefficient (Wildman–Crippen LogP) is 0.820. The molecule has 1 fully saturated rings. The Morgan fingerprint density at radius 2 is 1.94 bits per heavy atom. The van der Waals surface area contributed by atoms with Gasteiger partial charge in [-0.3, -0.25) is 9.69 Å². The van der Waals surface area contributed by atoms with Crippen LogP contribution in [-0.2, 0) is 4.79 Å². The van der Waals surface area contributed by atoms with Gasteiger partial charge in [-0.15, -0.1) is 0 Å². The number of alkyl halides is 3. The van der Waals surface area contributed by atoms with Crippen molar-refractivity contribution >= 4 is 5.91 Å². The summed E-state index contributed by atoms with van der Waals surface area (Å²) in [4.78, 5) is 14.4. The number of hydrogen-bond donors (Lipinski definition) is 1. The minimum Gasteiger partial charge on any atom is -0.342 e. The van der Waals surface area contributed by atoms with Crippen molar-refractivity contribution in [2.45, 2.75) is 31.5 Å². The largest absolute Gasteiger partial charge is 0.404 e. The first-order valence-electron chi connectivity index (χ1n) is 6.11. The van der Waals surface area contributed by atoms with E-state index in [9.17, 15) is 18.0 Å². The van der Waals surface area contributed by atoms with E-state index in [2.05, 4.69) is 0 Å². The summed E-state index contributed by atoms with van der Waals surface area (Å²) in [6.45, 7) is 1.05. The third-order valence-corrected chi connectivity index (χ3v) is 3.19. The lowest BCUT2D eigenvalue weighted by Crippen LogP contribution is -2.48. The molecule has 106 valence electrons.